The number of amides is 1. The zero-order valence-electron chi connectivity index (χ0n) is 10.6. The normalized spacial score (nSPS) is 28.8. The van der Waals surface area contributed by atoms with Gasteiger partial charge in [0.15, 0.2) is 0 Å². The number of hydrogen-bond donors (Lipinski definition) is 2. The summed E-state index contributed by atoms with van der Waals surface area (Å²) >= 11 is 0. The van der Waals surface area contributed by atoms with Crippen LogP contribution in [0.5, 0.6) is 0 Å². The minimum absolute atomic E-state index is 0.104. The number of hydrogen-bond acceptors (Lipinski definition) is 4. The molecule has 3 heterocycles. The standard InChI is InChI=1S/C12H15ClN2O4S/c13-20(17,18)9-4-10(14-6-9)12(16)15-5-7-3-8-1-2-11(7)19-8/h4,6-8,11,14H,1-3,5H2,(H,15,16). The molecule has 2 saturated heterocycles. The minimum Gasteiger partial charge on any atom is -0.375 e. The smallest absolute Gasteiger partial charge is 0.267 e. The average molecular weight is 319 g/mol. The molecule has 2 bridgehead atoms. The van der Waals surface area contributed by atoms with Crippen molar-refractivity contribution in [1.82, 2.24) is 10.3 Å². The molecule has 0 aromatic carbocycles. The van der Waals surface area contributed by atoms with E-state index >= 15 is 0 Å². The molecule has 1 amide bonds. The van der Waals surface area contributed by atoms with Gasteiger partial charge in [-0.05, 0) is 25.3 Å². The second-order valence-electron chi connectivity index (χ2n) is 5.27. The number of ether oxygens (including phenoxy) is 1. The van der Waals surface area contributed by atoms with Crippen LogP contribution in [-0.2, 0) is 13.8 Å². The summed E-state index contributed by atoms with van der Waals surface area (Å²) in [6.07, 6.45) is 4.96. The summed E-state index contributed by atoms with van der Waals surface area (Å²) in [4.78, 5) is 14.4. The highest BCUT2D eigenvalue weighted by Gasteiger charge is 2.40. The monoisotopic (exact) mass is 318 g/mol. The van der Waals surface area contributed by atoms with E-state index in [9.17, 15) is 13.2 Å². The summed E-state index contributed by atoms with van der Waals surface area (Å²) in [5.74, 6) is 0.0169. The van der Waals surface area contributed by atoms with Crippen molar-refractivity contribution in [1.29, 1.82) is 0 Å². The Morgan fingerprint density at radius 2 is 2.30 bits per heavy atom. The zero-order valence-corrected chi connectivity index (χ0v) is 12.2. The third kappa shape index (κ3) is 2.70. The Balaban J connectivity index is 1.58. The van der Waals surface area contributed by atoms with E-state index in [-0.39, 0.29) is 22.6 Å². The Labute approximate surface area is 121 Å². The Morgan fingerprint density at radius 3 is 2.85 bits per heavy atom. The first-order valence-corrected chi connectivity index (χ1v) is 8.81. The highest BCUT2D eigenvalue weighted by Crippen LogP contribution is 2.38. The lowest BCUT2D eigenvalue weighted by Gasteiger charge is -2.18. The zero-order chi connectivity index (χ0) is 14.3. The molecule has 8 heteroatoms. The molecule has 3 atom stereocenters. The van der Waals surface area contributed by atoms with Gasteiger partial charge in [0.2, 0.25) is 0 Å². The van der Waals surface area contributed by atoms with E-state index in [0.29, 0.717) is 18.6 Å². The van der Waals surface area contributed by atoms with Crippen LogP contribution < -0.4 is 5.32 Å². The van der Waals surface area contributed by atoms with Crippen LogP contribution in [0.1, 0.15) is 29.8 Å². The fourth-order valence-electron chi connectivity index (χ4n) is 2.92. The summed E-state index contributed by atoms with van der Waals surface area (Å²) in [5.41, 5.74) is 0.188. The average Bonchev–Trinajstić information content (AvgIpc) is 3.09. The van der Waals surface area contributed by atoms with Gasteiger partial charge in [-0.25, -0.2) is 8.42 Å². The molecule has 0 spiro atoms. The molecule has 0 saturated carbocycles. The SMILES string of the molecule is O=C(NCC1CC2CCC1O2)c1cc(S(=O)(=O)Cl)c[nH]1. The molecule has 3 rings (SSSR count). The summed E-state index contributed by atoms with van der Waals surface area (Å²) in [7, 11) is 1.39. The lowest BCUT2D eigenvalue weighted by atomic mass is 9.89. The molecule has 3 unspecified atom stereocenters. The van der Waals surface area contributed by atoms with Crippen LogP contribution in [0, 0.1) is 5.92 Å². The van der Waals surface area contributed by atoms with Crippen molar-refractivity contribution in [3.8, 4) is 0 Å². The van der Waals surface area contributed by atoms with Crippen LogP contribution in [0.3, 0.4) is 0 Å². The van der Waals surface area contributed by atoms with Gasteiger partial charge in [0, 0.05) is 29.3 Å². The van der Waals surface area contributed by atoms with Crippen LogP contribution in [-0.4, -0.2) is 38.1 Å². The lowest BCUT2D eigenvalue weighted by Crippen LogP contribution is -2.33. The predicted octanol–water partition coefficient (Wildman–Crippen LogP) is 1.24. The third-order valence-corrected chi connectivity index (χ3v) is 5.27. The fourth-order valence-corrected chi connectivity index (χ4v) is 3.65. The minimum atomic E-state index is -3.81. The maximum absolute atomic E-state index is 11.9. The van der Waals surface area contributed by atoms with E-state index in [4.69, 9.17) is 15.4 Å². The first kappa shape index (κ1) is 13.9. The van der Waals surface area contributed by atoms with Gasteiger partial charge in [0.05, 0.1) is 12.2 Å². The van der Waals surface area contributed by atoms with Gasteiger partial charge >= 0.3 is 0 Å². The molecule has 20 heavy (non-hydrogen) atoms. The summed E-state index contributed by atoms with van der Waals surface area (Å²) in [6.45, 7) is 0.544. The molecule has 0 aliphatic carbocycles. The number of rotatable bonds is 4. The van der Waals surface area contributed by atoms with Gasteiger partial charge in [-0.2, -0.15) is 0 Å². The highest BCUT2D eigenvalue weighted by atomic mass is 35.7. The van der Waals surface area contributed by atoms with Gasteiger partial charge in [-0.3, -0.25) is 4.79 Å². The number of H-pyrrole nitrogens is 1. The van der Waals surface area contributed by atoms with Crippen LogP contribution >= 0.6 is 10.7 Å². The number of halogens is 1. The summed E-state index contributed by atoms with van der Waals surface area (Å²) in [5, 5.41) is 2.80. The molecule has 1 aromatic heterocycles. The van der Waals surface area contributed by atoms with Crippen molar-refractivity contribution in [2.75, 3.05) is 6.54 Å². The Hall–Kier alpha value is -1.05. The van der Waals surface area contributed by atoms with E-state index in [1.807, 2.05) is 0 Å². The van der Waals surface area contributed by atoms with E-state index in [1.54, 1.807) is 0 Å². The predicted molar refractivity (Wildman–Crippen MR) is 72.2 cm³/mol. The Bertz CT molecular complexity index is 627. The molecule has 2 fully saturated rings. The van der Waals surface area contributed by atoms with Crippen molar-refractivity contribution in [2.45, 2.75) is 36.4 Å². The van der Waals surface area contributed by atoms with Gasteiger partial charge in [-0.1, -0.05) is 0 Å². The number of carbonyl (C=O) groups is 1. The Kier molecular flexibility index (Phi) is 3.51. The highest BCUT2D eigenvalue weighted by molar-refractivity contribution is 8.13. The molecular formula is C12H15ClN2O4S. The second kappa shape index (κ2) is 5.05. The van der Waals surface area contributed by atoms with Gasteiger partial charge in [0.25, 0.3) is 15.0 Å². The fraction of sp³-hybridized carbons (Fsp3) is 0.583. The molecule has 2 aliphatic rings. The van der Waals surface area contributed by atoms with Crippen molar-refractivity contribution in [2.24, 2.45) is 5.92 Å². The molecule has 0 radical (unpaired) electrons. The summed E-state index contributed by atoms with van der Waals surface area (Å²) < 4.78 is 28.0. The maximum atomic E-state index is 11.9. The quantitative estimate of drug-likeness (QED) is 0.818. The molecule has 110 valence electrons. The van der Waals surface area contributed by atoms with Crippen LogP contribution in [0.2, 0.25) is 0 Å². The van der Waals surface area contributed by atoms with Crippen LogP contribution in [0.25, 0.3) is 0 Å². The first-order valence-electron chi connectivity index (χ1n) is 6.50. The van der Waals surface area contributed by atoms with Crippen LogP contribution in [0.15, 0.2) is 17.2 Å². The van der Waals surface area contributed by atoms with E-state index < -0.39 is 9.05 Å². The Morgan fingerprint density at radius 1 is 1.50 bits per heavy atom. The number of aromatic nitrogens is 1. The number of nitrogens with one attached hydrogen (secondary N) is 2. The molecule has 1 aromatic rings. The van der Waals surface area contributed by atoms with E-state index in [0.717, 1.165) is 19.3 Å². The maximum Gasteiger partial charge on any atom is 0.267 e. The molecular weight excluding hydrogens is 304 g/mol. The first-order chi connectivity index (χ1) is 9.43. The third-order valence-electron chi connectivity index (χ3n) is 3.94. The van der Waals surface area contributed by atoms with Crippen molar-refractivity contribution >= 4 is 25.6 Å². The van der Waals surface area contributed by atoms with Gasteiger partial charge in [-0.15, -0.1) is 0 Å². The van der Waals surface area contributed by atoms with Crippen molar-refractivity contribution < 1.29 is 17.9 Å². The molecule has 2 aliphatic heterocycles. The summed E-state index contributed by atoms with van der Waals surface area (Å²) in [6, 6.07) is 1.23. The topological polar surface area (TPSA) is 88.3 Å². The number of fused-ring (bicyclic) bond motifs is 2. The number of carbonyl (C=O) groups excluding carboxylic acids is 1. The van der Waals surface area contributed by atoms with Crippen molar-refractivity contribution in [3.05, 3.63) is 18.0 Å². The van der Waals surface area contributed by atoms with Crippen molar-refractivity contribution in [3.63, 3.8) is 0 Å². The molecule has 6 nitrogen and oxygen atoms in total. The largest absolute Gasteiger partial charge is 0.375 e. The lowest BCUT2D eigenvalue weighted by molar-refractivity contribution is 0.0871. The van der Waals surface area contributed by atoms with Crippen LogP contribution in [0.4, 0.5) is 0 Å². The van der Waals surface area contributed by atoms with Gasteiger partial charge in [0.1, 0.15) is 10.6 Å². The number of aromatic amines is 1. The van der Waals surface area contributed by atoms with Gasteiger partial charge < -0.3 is 15.0 Å². The molecule has 2 N–H and O–H groups in total. The van der Waals surface area contributed by atoms with E-state index in [2.05, 4.69) is 10.3 Å². The van der Waals surface area contributed by atoms with E-state index in [1.165, 1.54) is 12.3 Å². The second-order valence-corrected chi connectivity index (χ2v) is 7.83.